The van der Waals surface area contributed by atoms with Crippen molar-refractivity contribution in [3.8, 4) is 12.3 Å². The van der Waals surface area contributed by atoms with Crippen molar-refractivity contribution in [2.24, 2.45) is 22.7 Å². The number of hydrogen-bond acceptors (Lipinski definition) is 6. The number of alkyl carbamates (subject to hydrolysis) is 1. The molecule has 1 aliphatic carbocycles. The van der Waals surface area contributed by atoms with Crippen LogP contribution in [0.3, 0.4) is 0 Å². The zero-order valence-corrected chi connectivity index (χ0v) is 25.0. The Kier molecular flexibility index (Phi) is 10.1. The Morgan fingerprint density at radius 1 is 1.13 bits per heavy atom. The lowest BCUT2D eigenvalue weighted by Crippen LogP contribution is -2.61. The summed E-state index contributed by atoms with van der Waals surface area (Å²) in [5.41, 5.74) is -1.56. The molecule has 1 heterocycles. The van der Waals surface area contributed by atoms with Crippen LogP contribution in [0, 0.1) is 35.0 Å². The number of nitrogens with zero attached hydrogens (tertiary/aromatic N) is 1. The molecule has 2 aliphatic rings. The van der Waals surface area contributed by atoms with E-state index in [1.54, 1.807) is 20.8 Å². The average molecular weight is 549 g/mol. The second kappa shape index (κ2) is 12.2. The van der Waals surface area contributed by atoms with Gasteiger partial charge in [-0.3, -0.25) is 14.4 Å². The molecular formula is C29H48N4O6. The lowest BCUT2D eigenvalue weighted by Gasteiger charge is -2.38. The Morgan fingerprint density at radius 2 is 1.74 bits per heavy atom. The topological polar surface area (TPSA) is 137 Å². The van der Waals surface area contributed by atoms with Crippen molar-refractivity contribution in [3.05, 3.63) is 0 Å². The van der Waals surface area contributed by atoms with Crippen LogP contribution < -0.4 is 16.0 Å². The maximum absolute atomic E-state index is 13.9. The van der Waals surface area contributed by atoms with Crippen molar-refractivity contribution >= 4 is 23.8 Å². The van der Waals surface area contributed by atoms with Crippen LogP contribution in [0.25, 0.3) is 0 Å². The number of aliphatic hydroxyl groups excluding tert-OH is 1. The van der Waals surface area contributed by atoms with Gasteiger partial charge >= 0.3 is 6.09 Å². The normalized spacial score (nSPS) is 23.9. The fraction of sp³-hybridized carbons (Fsp3) is 0.793. The predicted octanol–water partition coefficient (Wildman–Crippen LogP) is 2.19. The number of fused-ring (bicyclic) bond motifs is 1. The SMILES string of the molecule is C#CCCC(NC(=O)[C@@H]1[C@@H]2C(CN1C(=O)[C@@H](NC(=O)OC(C)(C)C)C(C)(C)C)C2(C)C)C(O)C(=O)NCCC. The van der Waals surface area contributed by atoms with E-state index in [2.05, 4.69) is 35.7 Å². The van der Waals surface area contributed by atoms with Crippen LogP contribution in [0.4, 0.5) is 4.79 Å². The number of hydrogen-bond donors (Lipinski definition) is 4. The Labute approximate surface area is 233 Å². The lowest BCUT2D eigenvalue weighted by molar-refractivity contribution is -0.145. The van der Waals surface area contributed by atoms with E-state index in [1.165, 1.54) is 4.90 Å². The summed E-state index contributed by atoms with van der Waals surface area (Å²) in [5, 5.41) is 18.9. The maximum atomic E-state index is 13.9. The molecule has 0 spiro atoms. The smallest absolute Gasteiger partial charge is 0.408 e. The molecule has 3 unspecified atom stereocenters. The number of rotatable bonds is 10. The minimum atomic E-state index is -1.49. The molecule has 0 radical (unpaired) electrons. The molecule has 220 valence electrons. The molecule has 1 saturated heterocycles. The highest BCUT2D eigenvalue weighted by molar-refractivity contribution is 5.94. The van der Waals surface area contributed by atoms with Crippen LogP contribution in [0.2, 0.25) is 0 Å². The number of amides is 4. The second-order valence-corrected chi connectivity index (χ2v) is 13.4. The molecule has 10 nitrogen and oxygen atoms in total. The van der Waals surface area contributed by atoms with Crippen LogP contribution in [0.5, 0.6) is 0 Å². The van der Waals surface area contributed by atoms with E-state index in [4.69, 9.17) is 11.2 Å². The average Bonchev–Trinajstić information content (AvgIpc) is 3.14. The molecule has 0 aromatic carbocycles. The third-order valence-electron chi connectivity index (χ3n) is 7.66. The van der Waals surface area contributed by atoms with Gasteiger partial charge in [0.05, 0.1) is 6.04 Å². The Morgan fingerprint density at radius 3 is 2.26 bits per heavy atom. The first-order valence-electron chi connectivity index (χ1n) is 13.9. The lowest BCUT2D eigenvalue weighted by atomic mass is 9.85. The highest BCUT2D eigenvalue weighted by Crippen LogP contribution is 2.65. The predicted molar refractivity (Wildman–Crippen MR) is 148 cm³/mol. The molecule has 4 N–H and O–H groups in total. The van der Waals surface area contributed by atoms with Crippen molar-refractivity contribution in [2.45, 2.75) is 111 Å². The first-order chi connectivity index (χ1) is 17.9. The molecule has 0 bridgehead atoms. The molecule has 4 amide bonds. The molecule has 1 saturated carbocycles. The van der Waals surface area contributed by atoms with Gasteiger partial charge < -0.3 is 30.7 Å². The van der Waals surface area contributed by atoms with Gasteiger partial charge in [-0.15, -0.1) is 12.3 Å². The van der Waals surface area contributed by atoms with Crippen LogP contribution in [-0.2, 0) is 19.1 Å². The fourth-order valence-electron chi connectivity index (χ4n) is 5.40. The Bertz CT molecular complexity index is 974. The van der Waals surface area contributed by atoms with Crippen molar-refractivity contribution < 1.29 is 29.0 Å². The third-order valence-corrected chi connectivity index (χ3v) is 7.66. The van der Waals surface area contributed by atoms with Gasteiger partial charge in [0.15, 0.2) is 6.10 Å². The summed E-state index contributed by atoms with van der Waals surface area (Å²) in [5.74, 6) is 1.10. The number of carbonyl (C=O) groups is 4. The molecule has 10 heteroatoms. The van der Waals surface area contributed by atoms with Crippen molar-refractivity contribution in [2.75, 3.05) is 13.1 Å². The molecule has 0 aromatic rings. The van der Waals surface area contributed by atoms with E-state index in [1.807, 2.05) is 27.7 Å². The zero-order chi connectivity index (χ0) is 29.9. The van der Waals surface area contributed by atoms with Gasteiger partial charge in [0, 0.05) is 19.5 Å². The van der Waals surface area contributed by atoms with Gasteiger partial charge in [-0.25, -0.2) is 4.79 Å². The number of carbonyl (C=O) groups excluding carboxylic acids is 4. The summed E-state index contributed by atoms with van der Waals surface area (Å²) < 4.78 is 5.40. The van der Waals surface area contributed by atoms with Crippen molar-refractivity contribution in [1.82, 2.24) is 20.9 Å². The molecule has 2 rings (SSSR count). The molecule has 2 fully saturated rings. The standard InChI is InChI=1S/C29H48N4O6/c1-11-13-14-18(21(34)24(36)30-15-12-2)31-23(35)20-19-17(29(19,9)10)16-33(20)25(37)22(27(3,4)5)32-26(38)39-28(6,7)8/h1,17-22,34H,12-16H2,2-10H3,(H,30,36)(H,31,35)(H,32,38)/t17?,18?,19-,20-,21?,22+/m0/s1. The summed E-state index contributed by atoms with van der Waals surface area (Å²) in [4.78, 5) is 54.3. The van der Waals surface area contributed by atoms with Crippen molar-refractivity contribution in [3.63, 3.8) is 0 Å². The summed E-state index contributed by atoms with van der Waals surface area (Å²) in [7, 11) is 0. The van der Waals surface area contributed by atoms with Gasteiger partial charge in [0.2, 0.25) is 11.8 Å². The van der Waals surface area contributed by atoms with E-state index in [0.717, 1.165) is 0 Å². The molecule has 1 aliphatic heterocycles. The highest BCUT2D eigenvalue weighted by atomic mass is 16.6. The second-order valence-electron chi connectivity index (χ2n) is 13.4. The molecule has 39 heavy (non-hydrogen) atoms. The van der Waals surface area contributed by atoms with Gasteiger partial charge in [0.1, 0.15) is 17.7 Å². The third kappa shape index (κ3) is 7.87. The number of ether oxygens (including phenoxy) is 1. The van der Waals surface area contributed by atoms with E-state index in [-0.39, 0.29) is 36.0 Å². The summed E-state index contributed by atoms with van der Waals surface area (Å²) in [6.45, 7) is 17.5. The number of nitrogens with one attached hydrogen (secondary N) is 3. The van der Waals surface area contributed by atoms with Crippen LogP contribution in [-0.4, -0.2) is 76.7 Å². The molecular weight excluding hydrogens is 500 g/mol. The minimum absolute atomic E-state index is 0.0945. The summed E-state index contributed by atoms with van der Waals surface area (Å²) in [6, 6.07) is -2.67. The zero-order valence-electron chi connectivity index (χ0n) is 25.0. The van der Waals surface area contributed by atoms with Crippen LogP contribution in [0.1, 0.15) is 81.6 Å². The van der Waals surface area contributed by atoms with E-state index in [0.29, 0.717) is 19.5 Å². The van der Waals surface area contributed by atoms with Gasteiger partial charge in [0.25, 0.3) is 5.91 Å². The van der Waals surface area contributed by atoms with Crippen molar-refractivity contribution in [1.29, 1.82) is 0 Å². The first kappa shape index (κ1) is 32.4. The van der Waals surface area contributed by atoms with E-state index >= 15 is 0 Å². The van der Waals surface area contributed by atoms with E-state index < -0.39 is 53.2 Å². The Hall–Kier alpha value is -2.80. The number of likely N-dealkylation sites (tertiary alicyclic amines) is 1. The summed E-state index contributed by atoms with van der Waals surface area (Å²) in [6.07, 6.45) is 4.37. The minimum Gasteiger partial charge on any atom is -0.444 e. The Balaban J connectivity index is 2.31. The van der Waals surface area contributed by atoms with Crippen LogP contribution >= 0.6 is 0 Å². The largest absolute Gasteiger partial charge is 0.444 e. The number of piperidine rings is 1. The quantitative estimate of drug-likeness (QED) is 0.309. The maximum Gasteiger partial charge on any atom is 0.408 e. The monoisotopic (exact) mass is 548 g/mol. The summed E-state index contributed by atoms with van der Waals surface area (Å²) >= 11 is 0. The van der Waals surface area contributed by atoms with Gasteiger partial charge in [-0.2, -0.15) is 0 Å². The van der Waals surface area contributed by atoms with Gasteiger partial charge in [-0.1, -0.05) is 41.5 Å². The first-order valence-corrected chi connectivity index (χ1v) is 13.9. The fourth-order valence-corrected chi connectivity index (χ4v) is 5.40. The molecule has 0 aromatic heterocycles. The van der Waals surface area contributed by atoms with Gasteiger partial charge in [-0.05, 0) is 56.3 Å². The van der Waals surface area contributed by atoms with Crippen LogP contribution in [0.15, 0.2) is 0 Å². The number of aliphatic hydroxyl groups is 1. The highest BCUT2D eigenvalue weighted by Gasteiger charge is 2.69. The van der Waals surface area contributed by atoms with E-state index in [9.17, 15) is 24.3 Å². The molecule has 6 atom stereocenters. The number of terminal acetylenes is 1.